The first-order chi connectivity index (χ1) is 15.4. The highest BCUT2D eigenvalue weighted by atomic mass is 19.1. The molecule has 1 aliphatic heterocycles. The molecule has 1 fully saturated rings. The molecule has 1 saturated heterocycles. The molecule has 4 rings (SSSR count). The molecule has 0 saturated carbocycles. The van der Waals surface area contributed by atoms with Crippen LogP contribution >= 0.6 is 0 Å². The van der Waals surface area contributed by atoms with E-state index >= 15 is 0 Å². The van der Waals surface area contributed by atoms with Crippen LogP contribution in [0.4, 0.5) is 4.39 Å². The number of piperidine rings is 1. The molecule has 2 amide bonds. The Bertz CT molecular complexity index is 1130. The number of carbonyl (C=O) groups is 2. The molecule has 0 bridgehead atoms. The number of hydrogen-bond acceptors (Lipinski definition) is 5. The van der Waals surface area contributed by atoms with E-state index in [2.05, 4.69) is 20.4 Å². The van der Waals surface area contributed by atoms with Gasteiger partial charge in [0.05, 0.1) is 11.3 Å². The molecule has 2 aromatic heterocycles. The second-order valence-electron chi connectivity index (χ2n) is 7.97. The van der Waals surface area contributed by atoms with Crippen molar-refractivity contribution >= 4 is 11.8 Å². The Kier molecular flexibility index (Phi) is 6.25. The number of aromatic nitrogens is 4. The molecular weight excluding hydrogens is 411 g/mol. The minimum absolute atomic E-state index is 0.0101. The van der Waals surface area contributed by atoms with Crippen molar-refractivity contribution in [1.82, 2.24) is 30.0 Å². The molecule has 1 atom stereocenters. The van der Waals surface area contributed by atoms with Crippen molar-refractivity contribution in [2.45, 2.75) is 32.2 Å². The summed E-state index contributed by atoms with van der Waals surface area (Å²) in [4.78, 5) is 36.2. The summed E-state index contributed by atoms with van der Waals surface area (Å²) in [7, 11) is 1.75. The first-order valence-corrected chi connectivity index (χ1v) is 10.6. The Morgan fingerprint density at radius 1 is 1.22 bits per heavy atom. The molecule has 8 nitrogen and oxygen atoms in total. The van der Waals surface area contributed by atoms with Crippen LogP contribution in [-0.4, -0.2) is 49.6 Å². The second-order valence-corrected chi connectivity index (χ2v) is 7.97. The topological polar surface area (TPSA) is 93.0 Å². The van der Waals surface area contributed by atoms with E-state index in [9.17, 15) is 14.0 Å². The molecule has 3 heterocycles. The van der Waals surface area contributed by atoms with E-state index in [4.69, 9.17) is 0 Å². The summed E-state index contributed by atoms with van der Waals surface area (Å²) >= 11 is 0. The summed E-state index contributed by atoms with van der Waals surface area (Å²) in [6.07, 6.45) is 4.89. The zero-order chi connectivity index (χ0) is 22.7. The third kappa shape index (κ3) is 4.66. The average Bonchev–Trinajstić information content (AvgIpc) is 3.23. The maximum atomic E-state index is 13.0. The number of amides is 2. The van der Waals surface area contributed by atoms with Gasteiger partial charge < -0.3 is 10.2 Å². The summed E-state index contributed by atoms with van der Waals surface area (Å²) in [5, 5.41) is 6.89. The number of rotatable bonds is 5. The number of carbonyl (C=O) groups excluding carboxylic acids is 2. The van der Waals surface area contributed by atoms with E-state index < -0.39 is 0 Å². The largest absolute Gasteiger partial charge is 0.348 e. The molecular formula is C23H25FN6O2. The van der Waals surface area contributed by atoms with Gasteiger partial charge in [0.2, 0.25) is 0 Å². The van der Waals surface area contributed by atoms with Gasteiger partial charge in [-0.3, -0.25) is 14.3 Å². The van der Waals surface area contributed by atoms with E-state index in [0.29, 0.717) is 35.9 Å². The fourth-order valence-electron chi connectivity index (χ4n) is 3.90. The van der Waals surface area contributed by atoms with Crippen molar-refractivity contribution in [1.29, 1.82) is 0 Å². The molecule has 0 spiro atoms. The lowest BCUT2D eigenvalue weighted by molar-refractivity contribution is 0.0693. The number of nitrogens with one attached hydrogen (secondary N) is 1. The van der Waals surface area contributed by atoms with Gasteiger partial charge in [-0.05, 0) is 43.5 Å². The van der Waals surface area contributed by atoms with Crippen LogP contribution < -0.4 is 5.32 Å². The average molecular weight is 436 g/mol. The summed E-state index contributed by atoms with van der Waals surface area (Å²) in [5.74, 6) is -0.00232. The van der Waals surface area contributed by atoms with Gasteiger partial charge in [0.1, 0.15) is 17.3 Å². The van der Waals surface area contributed by atoms with Crippen molar-refractivity contribution in [2.75, 3.05) is 13.1 Å². The lowest BCUT2D eigenvalue weighted by Crippen LogP contribution is -2.40. The molecule has 166 valence electrons. The smallest absolute Gasteiger partial charge is 0.272 e. The third-order valence-electron chi connectivity index (χ3n) is 5.72. The van der Waals surface area contributed by atoms with Gasteiger partial charge in [0, 0.05) is 45.0 Å². The zero-order valence-corrected chi connectivity index (χ0v) is 18.1. The van der Waals surface area contributed by atoms with Gasteiger partial charge in [-0.25, -0.2) is 14.4 Å². The second kappa shape index (κ2) is 9.25. The maximum Gasteiger partial charge on any atom is 0.272 e. The number of hydrogen-bond donors (Lipinski definition) is 1. The van der Waals surface area contributed by atoms with Crippen molar-refractivity contribution in [2.24, 2.45) is 7.05 Å². The summed E-state index contributed by atoms with van der Waals surface area (Å²) in [6.45, 7) is 3.27. The van der Waals surface area contributed by atoms with Crippen LogP contribution in [-0.2, 0) is 13.6 Å². The first-order valence-electron chi connectivity index (χ1n) is 10.6. The molecule has 9 heteroatoms. The number of benzene rings is 1. The lowest BCUT2D eigenvalue weighted by Gasteiger charge is -2.32. The van der Waals surface area contributed by atoms with Crippen LogP contribution in [0.1, 0.15) is 56.7 Å². The third-order valence-corrected chi connectivity index (χ3v) is 5.72. The molecule has 0 radical (unpaired) electrons. The van der Waals surface area contributed by atoms with Gasteiger partial charge in [-0.1, -0.05) is 12.1 Å². The zero-order valence-electron chi connectivity index (χ0n) is 18.1. The molecule has 0 aliphatic carbocycles. The number of aryl methyl sites for hydroxylation is 2. The number of nitrogens with zero attached hydrogens (tertiary/aromatic N) is 5. The molecule has 1 unspecified atom stereocenters. The van der Waals surface area contributed by atoms with Crippen LogP contribution in [0.2, 0.25) is 0 Å². The van der Waals surface area contributed by atoms with Crippen molar-refractivity contribution in [3.8, 4) is 0 Å². The standard InChI is InChI=1S/C23H25FN6O2/c1-15-19(22(31)26-12-16-5-7-18(24)8-6-16)13-25-21(28-15)17-4-3-11-30(14-17)23(32)20-9-10-27-29(20)2/h5-10,13,17H,3-4,11-12,14H2,1-2H3,(H,26,31). The predicted octanol–water partition coefficient (Wildman–Crippen LogP) is 2.61. The Morgan fingerprint density at radius 2 is 2.00 bits per heavy atom. The van der Waals surface area contributed by atoms with Gasteiger partial charge in [-0.2, -0.15) is 5.10 Å². The van der Waals surface area contributed by atoms with Crippen LogP contribution in [0.25, 0.3) is 0 Å². The van der Waals surface area contributed by atoms with Crippen molar-refractivity contribution in [3.63, 3.8) is 0 Å². The highest BCUT2D eigenvalue weighted by Gasteiger charge is 2.28. The Balaban J connectivity index is 1.42. The number of likely N-dealkylation sites (tertiary alicyclic amines) is 1. The van der Waals surface area contributed by atoms with E-state index in [1.165, 1.54) is 12.1 Å². The molecule has 3 aromatic rings. The van der Waals surface area contributed by atoms with Crippen LogP contribution in [0.15, 0.2) is 42.7 Å². The van der Waals surface area contributed by atoms with Crippen molar-refractivity contribution in [3.05, 3.63) is 76.9 Å². The van der Waals surface area contributed by atoms with Gasteiger partial charge in [0.25, 0.3) is 11.8 Å². The van der Waals surface area contributed by atoms with Crippen LogP contribution in [0.5, 0.6) is 0 Å². The fraction of sp³-hybridized carbons (Fsp3) is 0.348. The molecule has 1 aliphatic rings. The summed E-state index contributed by atoms with van der Waals surface area (Å²) in [5.41, 5.74) is 2.34. The Morgan fingerprint density at radius 3 is 2.69 bits per heavy atom. The SMILES string of the molecule is Cc1nc(C2CCCN(C(=O)c3ccnn3C)C2)ncc1C(=O)NCc1ccc(F)cc1. The minimum Gasteiger partial charge on any atom is -0.348 e. The normalized spacial score (nSPS) is 16.1. The highest BCUT2D eigenvalue weighted by molar-refractivity contribution is 5.95. The summed E-state index contributed by atoms with van der Waals surface area (Å²) < 4.78 is 14.6. The Hall–Kier alpha value is -3.62. The fourth-order valence-corrected chi connectivity index (χ4v) is 3.90. The Labute approximate surface area is 185 Å². The van der Waals surface area contributed by atoms with Gasteiger partial charge in [-0.15, -0.1) is 0 Å². The van der Waals surface area contributed by atoms with E-state index in [1.807, 2.05) is 4.90 Å². The van der Waals surface area contributed by atoms with Crippen LogP contribution in [0.3, 0.4) is 0 Å². The molecule has 32 heavy (non-hydrogen) atoms. The van der Waals surface area contributed by atoms with Gasteiger partial charge in [0.15, 0.2) is 0 Å². The summed E-state index contributed by atoms with van der Waals surface area (Å²) in [6, 6.07) is 7.69. The van der Waals surface area contributed by atoms with E-state index in [1.54, 1.807) is 49.2 Å². The number of halogens is 1. The quantitative estimate of drug-likeness (QED) is 0.664. The van der Waals surface area contributed by atoms with E-state index in [-0.39, 0.29) is 30.1 Å². The highest BCUT2D eigenvalue weighted by Crippen LogP contribution is 2.26. The predicted molar refractivity (Wildman–Crippen MR) is 115 cm³/mol. The molecule has 1 aromatic carbocycles. The molecule has 1 N–H and O–H groups in total. The lowest BCUT2D eigenvalue weighted by atomic mass is 9.96. The van der Waals surface area contributed by atoms with Crippen LogP contribution in [0, 0.1) is 12.7 Å². The first kappa shape index (κ1) is 21.6. The maximum absolute atomic E-state index is 13.0. The van der Waals surface area contributed by atoms with E-state index in [0.717, 1.165) is 18.4 Å². The minimum atomic E-state index is -0.316. The monoisotopic (exact) mass is 436 g/mol. The van der Waals surface area contributed by atoms with Crippen molar-refractivity contribution < 1.29 is 14.0 Å². The van der Waals surface area contributed by atoms with Gasteiger partial charge >= 0.3 is 0 Å².